The van der Waals surface area contributed by atoms with Gasteiger partial charge in [-0.1, -0.05) is 97.1 Å². The van der Waals surface area contributed by atoms with Crippen molar-refractivity contribution in [2.75, 3.05) is 26.2 Å². The molecule has 0 saturated carbocycles. The normalized spacial score (nSPS) is 20.7. The second-order valence-corrected chi connectivity index (χ2v) is 22.5. The zero-order valence-electron chi connectivity index (χ0n) is 48.0. The second kappa shape index (κ2) is 25.5. The molecule has 0 aromatic heterocycles. The van der Waals surface area contributed by atoms with Crippen LogP contribution in [0.3, 0.4) is 0 Å². The van der Waals surface area contributed by atoms with Gasteiger partial charge in [0.2, 0.25) is 23.6 Å². The molecule has 16 rings (SSSR count). The minimum atomic E-state index is -0.635. The molecule has 0 bridgehead atoms. The molecule has 0 aliphatic carbocycles. The Bertz CT molecular complexity index is 3720. The average molecular weight is 1380 g/mol. The Balaban J connectivity index is 0.000000123. The summed E-state index contributed by atoms with van der Waals surface area (Å²) in [6, 6.07) is 41.9. The van der Waals surface area contributed by atoms with Gasteiger partial charge in [-0.05, 0) is 143 Å². The van der Waals surface area contributed by atoms with Crippen LogP contribution in [0.15, 0.2) is 166 Å². The van der Waals surface area contributed by atoms with Crippen LogP contribution in [0.2, 0.25) is 0 Å². The number of fused-ring (bicyclic) bond motifs is 8. The topological polar surface area (TPSA) is 280 Å². The number of imide groups is 4. The van der Waals surface area contributed by atoms with E-state index in [1.165, 1.54) is 0 Å². The molecule has 90 heavy (non-hydrogen) atoms. The van der Waals surface area contributed by atoms with Crippen LogP contribution in [0.25, 0.3) is 43.1 Å². The Morgan fingerprint density at radius 1 is 0.267 bits per heavy atom. The number of amides is 8. The quantitative estimate of drug-likeness (QED) is 0.0946. The predicted octanol–water partition coefficient (Wildman–Crippen LogP) is 10.2. The number of aliphatic hydroxyl groups excluding tert-OH is 4. The smallest absolute Gasteiger partial charge is 0.262 e. The molecule has 8 aromatic rings. The molecular weight excluding hydrogens is 1330 g/mol. The number of hydrogen-bond acceptors (Lipinski definition) is 12. The van der Waals surface area contributed by atoms with E-state index in [2.05, 4.69) is 20.0 Å². The van der Waals surface area contributed by atoms with Crippen molar-refractivity contribution < 1.29 is 97.7 Å². The van der Waals surface area contributed by atoms with Gasteiger partial charge in [0, 0.05) is 65.1 Å². The summed E-state index contributed by atoms with van der Waals surface area (Å²) < 4.78 is 0. The molecule has 8 aliphatic heterocycles. The molecule has 20 nitrogen and oxygen atoms in total. The largest absolute Gasteiger partial charge is 0.495 e. The van der Waals surface area contributed by atoms with Crippen molar-refractivity contribution in [3.63, 3.8) is 0 Å². The molecule has 2 radical (unpaired) electrons. The van der Waals surface area contributed by atoms with E-state index in [4.69, 9.17) is 0 Å². The van der Waals surface area contributed by atoms with E-state index in [1.807, 2.05) is 97.1 Å². The van der Waals surface area contributed by atoms with E-state index in [0.29, 0.717) is 96.4 Å². The Morgan fingerprint density at radius 2 is 0.411 bits per heavy atom. The summed E-state index contributed by atoms with van der Waals surface area (Å²) in [6.07, 6.45) is 5.24. The fourth-order valence-electron chi connectivity index (χ4n) is 12.7. The van der Waals surface area contributed by atoms with Crippen LogP contribution in [0.1, 0.15) is 134 Å². The van der Waals surface area contributed by atoms with Crippen molar-refractivity contribution in [2.45, 2.75) is 75.5 Å². The van der Waals surface area contributed by atoms with Crippen LogP contribution in [0.4, 0.5) is 0 Å². The van der Waals surface area contributed by atoms with Crippen LogP contribution < -0.4 is 0 Å². The Labute approximate surface area is 539 Å². The zero-order chi connectivity index (χ0) is 61.1. The van der Waals surface area contributed by atoms with E-state index >= 15 is 0 Å². The first-order valence-electron chi connectivity index (χ1n) is 29.2. The van der Waals surface area contributed by atoms with Crippen molar-refractivity contribution >= 4 is 114 Å². The molecule has 0 fully saturated rings. The number of hydrogen-bond donors (Lipinski definition) is 4. The van der Waals surface area contributed by atoms with Gasteiger partial charge in [-0.2, -0.15) is 0 Å². The summed E-state index contributed by atoms with van der Waals surface area (Å²) in [7, 11) is 0. The fraction of sp³-hybridized carbons (Fsp3) is 0.235. The number of aliphatic imine (C=N–C) groups is 4. The summed E-state index contributed by atoms with van der Waals surface area (Å²) in [6.45, 7) is 2.15. The molecule has 8 amide bonds. The van der Waals surface area contributed by atoms with Gasteiger partial charge < -0.3 is 20.4 Å². The van der Waals surface area contributed by atoms with Gasteiger partial charge in [0.25, 0.3) is 47.3 Å². The van der Waals surface area contributed by atoms with Gasteiger partial charge in [0.15, 0.2) is 0 Å². The molecule has 4 N–H and O–H groups in total. The Kier molecular flexibility index (Phi) is 17.6. The van der Waals surface area contributed by atoms with Gasteiger partial charge >= 0.3 is 0 Å². The monoisotopic (exact) mass is 1380 g/mol. The first-order chi connectivity index (χ1) is 42.7. The number of benzene rings is 8. The van der Waals surface area contributed by atoms with E-state index in [0.717, 1.165) is 88.4 Å². The summed E-state index contributed by atoms with van der Waals surface area (Å²) in [5.41, 5.74) is 3.24. The van der Waals surface area contributed by atoms with E-state index in [9.17, 15) is 58.8 Å². The van der Waals surface area contributed by atoms with E-state index in [-0.39, 0.29) is 110 Å². The van der Waals surface area contributed by atoms with Gasteiger partial charge in [-0.15, -0.1) is 0 Å². The molecule has 0 unspecified atom stereocenters. The first-order valence-corrected chi connectivity index (χ1v) is 29.2. The van der Waals surface area contributed by atoms with Crippen LogP contribution in [0, 0.1) is 0 Å². The van der Waals surface area contributed by atoms with Crippen molar-refractivity contribution in [1.29, 1.82) is 0 Å². The Hall–Kier alpha value is -9.51. The number of nitrogens with zero attached hydrogens (tertiary/aromatic N) is 8. The van der Waals surface area contributed by atoms with Crippen LogP contribution in [-0.2, 0) is 39.0 Å². The third kappa shape index (κ3) is 11.1. The fourth-order valence-corrected chi connectivity index (χ4v) is 12.7. The van der Waals surface area contributed by atoms with Crippen LogP contribution in [0.5, 0.6) is 0 Å². The maximum absolute atomic E-state index is 12.6. The number of rotatable bonds is 4. The number of carbonyl (C=O) groups is 8. The molecule has 0 saturated heterocycles. The first kappa shape index (κ1) is 62.1. The Morgan fingerprint density at radius 3 is 0.544 bits per heavy atom. The summed E-state index contributed by atoms with van der Waals surface area (Å²) in [4.78, 5) is 122. The average Bonchev–Trinajstić information content (AvgIpc) is 1.68. The molecule has 22 heteroatoms. The van der Waals surface area contributed by atoms with E-state index in [1.54, 1.807) is 48.5 Å². The molecule has 8 heterocycles. The van der Waals surface area contributed by atoms with Gasteiger partial charge in [0.05, 0.1) is 44.5 Å². The maximum Gasteiger partial charge on any atom is 0.262 e. The maximum atomic E-state index is 12.6. The van der Waals surface area contributed by atoms with Crippen LogP contribution in [-0.4, -0.2) is 161 Å². The summed E-state index contributed by atoms with van der Waals surface area (Å²) in [5, 5.41) is 47.1. The number of aliphatic hydroxyl groups is 4. The third-order valence-corrected chi connectivity index (χ3v) is 17.2. The zero-order valence-corrected chi connectivity index (χ0v) is 51.2. The standard InChI is InChI=1S/4C17H14N2O3.2Rh/c4*20-15-14(6-3-7-18-15)19-16(21)12-8-10-4-1-2-5-11(10)9-13(12)17(19)22;;/h4*1-2,4-5,8-9,14H,3,6-7H2,(H,18,20);;/t4*14-;;/m0000../s1. The minimum Gasteiger partial charge on any atom is -0.495 e. The van der Waals surface area contributed by atoms with E-state index < -0.39 is 24.2 Å². The van der Waals surface area contributed by atoms with Crippen molar-refractivity contribution in [3.05, 3.63) is 190 Å². The van der Waals surface area contributed by atoms with Gasteiger partial charge in [0.1, 0.15) is 24.2 Å². The summed E-state index contributed by atoms with van der Waals surface area (Å²) in [5.74, 6) is -3.26. The number of carbonyl (C=O) groups excluding carboxylic acids is 8. The van der Waals surface area contributed by atoms with Crippen molar-refractivity contribution in [2.24, 2.45) is 20.0 Å². The molecular formula is C68H56N8O12Rh2. The summed E-state index contributed by atoms with van der Waals surface area (Å²) >= 11 is 0. The minimum absolute atomic E-state index is 0. The third-order valence-electron chi connectivity index (χ3n) is 17.2. The SMILES string of the molecule is O=C1c2cc3ccccc3cc2C(=O)N1[C@H]1CCCN=C1O.O=C1c2cc3ccccc3cc2C(=O)N1[C@H]1CCCN=C1O.O=C1c2cc3ccccc3cc2C(=O)N1[C@H]1CCCN=C1O.O=C1c2cc3ccccc3cc2C(=O)N1[C@H]1CCCN=C1O.[Rh].[Rh]. The predicted molar refractivity (Wildman–Crippen MR) is 330 cm³/mol. The van der Waals surface area contributed by atoms with Crippen molar-refractivity contribution in [3.8, 4) is 0 Å². The molecule has 8 aromatic carbocycles. The van der Waals surface area contributed by atoms with Crippen LogP contribution >= 0.6 is 0 Å². The second-order valence-electron chi connectivity index (χ2n) is 22.5. The molecule has 0 spiro atoms. The van der Waals surface area contributed by atoms with Crippen molar-refractivity contribution in [1.82, 2.24) is 19.6 Å². The van der Waals surface area contributed by atoms with Gasteiger partial charge in [-0.25, -0.2) is 0 Å². The molecule has 4 atom stereocenters. The van der Waals surface area contributed by atoms with Gasteiger partial charge in [-0.3, -0.25) is 77.9 Å². The molecule has 8 aliphatic rings. The molecule has 458 valence electrons.